The van der Waals surface area contributed by atoms with Crippen LogP contribution in [0.2, 0.25) is 0 Å². The van der Waals surface area contributed by atoms with E-state index in [0.717, 1.165) is 13.0 Å². The Labute approximate surface area is 79.5 Å². The number of rotatable bonds is 3. The Morgan fingerprint density at radius 1 is 1.46 bits per heavy atom. The quantitative estimate of drug-likeness (QED) is 0.697. The largest absolute Gasteiger partial charge is 0.480 e. The summed E-state index contributed by atoms with van der Waals surface area (Å²) in [6, 6.07) is -0.322. The number of aliphatic carboxylic acids is 1. The molecule has 1 aliphatic heterocycles. The first-order chi connectivity index (χ1) is 6.04. The van der Waals surface area contributed by atoms with Gasteiger partial charge >= 0.3 is 5.97 Å². The molecule has 1 saturated heterocycles. The van der Waals surface area contributed by atoms with Crippen LogP contribution in [0.5, 0.6) is 0 Å². The highest BCUT2D eigenvalue weighted by molar-refractivity contribution is 5.74. The van der Waals surface area contributed by atoms with Gasteiger partial charge in [0.25, 0.3) is 0 Å². The van der Waals surface area contributed by atoms with Crippen LogP contribution < -0.4 is 5.32 Å². The summed E-state index contributed by atoms with van der Waals surface area (Å²) in [7, 11) is 0. The Kier molecular flexibility index (Phi) is 3.31. The molecule has 3 unspecified atom stereocenters. The van der Waals surface area contributed by atoms with E-state index in [4.69, 9.17) is 5.11 Å². The van der Waals surface area contributed by atoms with Crippen molar-refractivity contribution >= 4 is 5.97 Å². The lowest BCUT2D eigenvalue weighted by atomic mass is 9.80. The van der Waals surface area contributed by atoms with Crippen molar-refractivity contribution in [3.8, 4) is 0 Å². The van der Waals surface area contributed by atoms with Crippen molar-refractivity contribution < 1.29 is 9.90 Å². The second kappa shape index (κ2) is 4.09. The second-order valence-corrected chi connectivity index (χ2v) is 4.33. The third kappa shape index (κ3) is 2.21. The maximum Gasteiger partial charge on any atom is 0.320 e. The first-order valence-electron chi connectivity index (χ1n) is 5.00. The lowest BCUT2D eigenvalue weighted by molar-refractivity contribution is -0.140. The molecule has 2 N–H and O–H groups in total. The number of carboxylic acid groups (broad SMARTS) is 1. The minimum Gasteiger partial charge on any atom is -0.480 e. The molecule has 0 aromatic carbocycles. The fourth-order valence-electron chi connectivity index (χ4n) is 2.05. The zero-order valence-electron chi connectivity index (χ0n) is 8.58. The van der Waals surface area contributed by atoms with E-state index >= 15 is 0 Å². The average molecular weight is 185 g/mol. The standard InChI is InChI=1S/C10H19NO2/c1-6(2)7(3)8-4-5-11-9(8)10(12)13/h6-9,11H,4-5H2,1-3H3,(H,12,13). The number of hydrogen-bond donors (Lipinski definition) is 2. The Morgan fingerprint density at radius 2 is 2.08 bits per heavy atom. The minimum absolute atomic E-state index is 0.303. The summed E-state index contributed by atoms with van der Waals surface area (Å²) in [4.78, 5) is 10.9. The van der Waals surface area contributed by atoms with Crippen LogP contribution in [0, 0.1) is 17.8 Å². The normalized spacial score (nSPS) is 30.8. The van der Waals surface area contributed by atoms with E-state index in [0.29, 0.717) is 17.8 Å². The highest BCUT2D eigenvalue weighted by Gasteiger charge is 2.36. The Balaban J connectivity index is 2.62. The lowest BCUT2D eigenvalue weighted by Gasteiger charge is -2.25. The molecule has 0 aromatic heterocycles. The maximum absolute atomic E-state index is 10.9. The molecule has 1 rings (SSSR count). The van der Waals surface area contributed by atoms with Gasteiger partial charge in [0.05, 0.1) is 0 Å². The first kappa shape index (κ1) is 10.5. The van der Waals surface area contributed by atoms with Crippen LogP contribution in [-0.4, -0.2) is 23.7 Å². The third-order valence-corrected chi connectivity index (χ3v) is 3.26. The summed E-state index contributed by atoms with van der Waals surface area (Å²) in [6.45, 7) is 7.31. The van der Waals surface area contributed by atoms with Gasteiger partial charge in [-0.3, -0.25) is 4.79 Å². The van der Waals surface area contributed by atoms with Crippen LogP contribution in [0.25, 0.3) is 0 Å². The van der Waals surface area contributed by atoms with E-state index in [9.17, 15) is 4.79 Å². The molecule has 0 spiro atoms. The molecule has 0 bridgehead atoms. The molecule has 0 aromatic rings. The molecule has 13 heavy (non-hydrogen) atoms. The van der Waals surface area contributed by atoms with Gasteiger partial charge in [0.15, 0.2) is 0 Å². The minimum atomic E-state index is -0.699. The molecular weight excluding hydrogens is 166 g/mol. The van der Waals surface area contributed by atoms with E-state index < -0.39 is 5.97 Å². The number of carboxylic acids is 1. The molecule has 0 aliphatic carbocycles. The SMILES string of the molecule is CC(C)C(C)C1CCNC1C(=O)O. The summed E-state index contributed by atoms with van der Waals surface area (Å²) in [5.74, 6) is 0.648. The molecule has 3 atom stereocenters. The summed E-state index contributed by atoms with van der Waals surface area (Å²) in [5, 5.41) is 12.0. The smallest absolute Gasteiger partial charge is 0.320 e. The van der Waals surface area contributed by atoms with Crippen molar-refractivity contribution in [3.05, 3.63) is 0 Å². The number of carbonyl (C=O) groups is 1. The summed E-state index contributed by atoms with van der Waals surface area (Å²) in [5.41, 5.74) is 0. The van der Waals surface area contributed by atoms with Crippen LogP contribution in [0.3, 0.4) is 0 Å². The van der Waals surface area contributed by atoms with Crippen molar-refractivity contribution in [1.29, 1.82) is 0 Å². The zero-order chi connectivity index (χ0) is 10.0. The molecule has 1 heterocycles. The van der Waals surface area contributed by atoms with Crippen LogP contribution in [0.15, 0.2) is 0 Å². The van der Waals surface area contributed by atoms with E-state index in [1.165, 1.54) is 0 Å². The van der Waals surface area contributed by atoms with Gasteiger partial charge in [-0.05, 0) is 30.7 Å². The third-order valence-electron chi connectivity index (χ3n) is 3.26. The Bertz CT molecular complexity index is 191. The first-order valence-corrected chi connectivity index (χ1v) is 5.00. The molecule has 76 valence electrons. The van der Waals surface area contributed by atoms with Gasteiger partial charge in [0.1, 0.15) is 6.04 Å². The molecule has 3 heteroatoms. The van der Waals surface area contributed by atoms with Gasteiger partial charge < -0.3 is 10.4 Å². The fraction of sp³-hybridized carbons (Fsp3) is 0.900. The van der Waals surface area contributed by atoms with E-state index in [1.54, 1.807) is 0 Å². The van der Waals surface area contributed by atoms with Crippen molar-refractivity contribution in [2.45, 2.75) is 33.2 Å². The van der Waals surface area contributed by atoms with Gasteiger partial charge in [0, 0.05) is 0 Å². The highest BCUT2D eigenvalue weighted by Crippen LogP contribution is 2.29. The fourth-order valence-corrected chi connectivity index (χ4v) is 2.05. The van der Waals surface area contributed by atoms with Crippen molar-refractivity contribution in [3.63, 3.8) is 0 Å². The number of nitrogens with one attached hydrogen (secondary N) is 1. The molecule has 1 aliphatic rings. The van der Waals surface area contributed by atoms with Crippen molar-refractivity contribution in [2.75, 3.05) is 6.54 Å². The molecular formula is C10H19NO2. The van der Waals surface area contributed by atoms with Crippen LogP contribution in [0.4, 0.5) is 0 Å². The molecule has 0 radical (unpaired) electrons. The predicted molar refractivity (Wildman–Crippen MR) is 51.5 cm³/mol. The van der Waals surface area contributed by atoms with Crippen molar-refractivity contribution in [1.82, 2.24) is 5.32 Å². The maximum atomic E-state index is 10.9. The summed E-state index contributed by atoms with van der Waals surface area (Å²) < 4.78 is 0. The van der Waals surface area contributed by atoms with Crippen molar-refractivity contribution in [2.24, 2.45) is 17.8 Å². The molecule has 0 saturated carbocycles. The Morgan fingerprint density at radius 3 is 2.54 bits per heavy atom. The van der Waals surface area contributed by atoms with Crippen LogP contribution >= 0.6 is 0 Å². The van der Waals surface area contributed by atoms with Gasteiger partial charge in [-0.1, -0.05) is 20.8 Å². The monoisotopic (exact) mass is 185 g/mol. The van der Waals surface area contributed by atoms with E-state index in [1.807, 2.05) is 0 Å². The molecule has 0 amide bonds. The molecule has 3 nitrogen and oxygen atoms in total. The van der Waals surface area contributed by atoms with E-state index in [2.05, 4.69) is 26.1 Å². The molecule has 1 fully saturated rings. The predicted octanol–water partition coefficient (Wildman–Crippen LogP) is 1.34. The van der Waals surface area contributed by atoms with Crippen LogP contribution in [0.1, 0.15) is 27.2 Å². The summed E-state index contributed by atoms with van der Waals surface area (Å²) >= 11 is 0. The van der Waals surface area contributed by atoms with Gasteiger partial charge in [-0.15, -0.1) is 0 Å². The topological polar surface area (TPSA) is 49.3 Å². The average Bonchev–Trinajstić information content (AvgIpc) is 2.50. The second-order valence-electron chi connectivity index (χ2n) is 4.33. The lowest BCUT2D eigenvalue weighted by Crippen LogP contribution is -2.38. The Hall–Kier alpha value is -0.570. The van der Waals surface area contributed by atoms with Crippen LogP contribution in [-0.2, 0) is 4.79 Å². The highest BCUT2D eigenvalue weighted by atomic mass is 16.4. The zero-order valence-corrected chi connectivity index (χ0v) is 8.58. The van der Waals surface area contributed by atoms with Gasteiger partial charge in [-0.25, -0.2) is 0 Å². The summed E-state index contributed by atoms with van der Waals surface area (Å²) in [6.07, 6.45) is 0.996. The van der Waals surface area contributed by atoms with E-state index in [-0.39, 0.29) is 6.04 Å². The van der Waals surface area contributed by atoms with Gasteiger partial charge in [-0.2, -0.15) is 0 Å². The number of hydrogen-bond acceptors (Lipinski definition) is 2. The van der Waals surface area contributed by atoms with Gasteiger partial charge in [0.2, 0.25) is 0 Å².